The van der Waals surface area contributed by atoms with Gasteiger partial charge in [-0.15, -0.1) is 0 Å². The Balaban J connectivity index is 2.27. The maximum absolute atomic E-state index is 13.0. The van der Waals surface area contributed by atoms with Crippen LogP contribution in [0.5, 0.6) is 0 Å². The minimum atomic E-state index is -0.700. The van der Waals surface area contributed by atoms with Gasteiger partial charge in [-0.1, -0.05) is 32.0 Å². The Morgan fingerprint density at radius 2 is 1.92 bits per heavy atom. The van der Waals surface area contributed by atoms with E-state index in [4.69, 9.17) is 5.73 Å². The van der Waals surface area contributed by atoms with Crippen molar-refractivity contribution in [3.8, 4) is 0 Å². The van der Waals surface area contributed by atoms with Gasteiger partial charge in [0.05, 0.1) is 0 Å². The lowest BCUT2D eigenvalue weighted by Crippen LogP contribution is -2.57. The molecule has 1 aliphatic rings. The number of carbonyl (C=O) groups is 3. The van der Waals surface area contributed by atoms with E-state index in [2.05, 4.69) is 5.32 Å². The van der Waals surface area contributed by atoms with E-state index in [1.807, 2.05) is 19.9 Å². The first-order valence-electron chi connectivity index (χ1n) is 8.20. The Labute approximate surface area is 142 Å². The van der Waals surface area contributed by atoms with Gasteiger partial charge in [-0.05, 0) is 37.3 Å². The first kappa shape index (κ1) is 18.0. The minimum Gasteiger partial charge on any atom is -0.368 e. The number of hydrogen-bond donors (Lipinski definition) is 2. The zero-order chi connectivity index (χ0) is 17.9. The molecule has 0 unspecified atom stereocenters. The Kier molecular flexibility index (Phi) is 5.26. The highest BCUT2D eigenvalue weighted by Crippen LogP contribution is 2.32. The molecule has 1 heterocycles. The molecule has 0 saturated carbocycles. The summed E-state index contributed by atoms with van der Waals surface area (Å²) in [7, 11) is 0. The lowest BCUT2D eigenvalue weighted by molar-refractivity contribution is -0.141. The quantitative estimate of drug-likeness (QED) is 0.871. The highest BCUT2D eigenvalue weighted by molar-refractivity contribution is 5.98. The maximum Gasteiger partial charge on any atom is 0.251 e. The van der Waals surface area contributed by atoms with E-state index in [1.54, 1.807) is 31.2 Å². The Bertz CT molecular complexity index is 628. The molecule has 0 spiro atoms. The van der Waals surface area contributed by atoms with E-state index in [9.17, 15) is 14.4 Å². The van der Waals surface area contributed by atoms with Crippen LogP contribution in [0, 0.1) is 5.41 Å². The molecule has 2 atom stereocenters. The number of hydrogen-bond acceptors (Lipinski definition) is 3. The Hall–Kier alpha value is -2.37. The number of nitrogens with zero attached hydrogens (tertiary/aromatic N) is 1. The van der Waals surface area contributed by atoms with Crippen LogP contribution in [0.25, 0.3) is 0 Å². The number of nitrogens with one attached hydrogen (secondary N) is 1. The van der Waals surface area contributed by atoms with E-state index in [1.165, 1.54) is 4.90 Å². The summed E-state index contributed by atoms with van der Waals surface area (Å²) in [6, 6.07) is 7.39. The molecule has 6 nitrogen and oxygen atoms in total. The molecule has 1 aromatic rings. The molecular formula is C18H25N3O3. The summed E-state index contributed by atoms with van der Waals surface area (Å²) in [5.41, 5.74) is 5.46. The molecule has 1 aliphatic heterocycles. The van der Waals surface area contributed by atoms with Gasteiger partial charge >= 0.3 is 0 Å². The summed E-state index contributed by atoms with van der Waals surface area (Å²) >= 11 is 0. The van der Waals surface area contributed by atoms with Gasteiger partial charge in [0.2, 0.25) is 11.8 Å². The van der Waals surface area contributed by atoms with Gasteiger partial charge in [-0.2, -0.15) is 0 Å². The van der Waals surface area contributed by atoms with Crippen LogP contribution in [0.2, 0.25) is 0 Å². The van der Waals surface area contributed by atoms with E-state index < -0.39 is 23.4 Å². The normalized spacial score (nSPS) is 21.7. The molecule has 0 radical (unpaired) electrons. The van der Waals surface area contributed by atoms with Crippen LogP contribution in [-0.4, -0.2) is 41.2 Å². The summed E-state index contributed by atoms with van der Waals surface area (Å²) in [6.45, 7) is 6.00. The van der Waals surface area contributed by atoms with Crippen molar-refractivity contribution in [1.82, 2.24) is 10.2 Å². The zero-order valence-electron chi connectivity index (χ0n) is 14.4. The van der Waals surface area contributed by atoms with E-state index in [0.29, 0.717) is 12.1 Å². The lowest BCUT2D eigenvalue weighted by Gasteiger charge is -2.34. The van der Waals surface area contributed by atoms with Crippen LogP contribution >= 0.6 is 0 Å². The van der Waals surface area contributed by atoms with Crippen molar-refractivity contribution in [1.29, 1.82) is 0 Å². The number of benzene rings is 1. The second-order valence-corrected chi connectivity index (χ2v) is 6.97. The fraction of sp³-hybridized carbons (Fsp3) is 0.500. The lowest BCUT2D eigenvalue weighted by atomic mass is 9.80. The SMILES string of the molecule is C[C@@H](C(N)=O)N1CCCC(C)(C)[C@H](NC(=O)c2ccccc2)C1=O. The smallest absolute Gasteiger partial charge is 0.251 e. The molecule has 0 aliphatic carbocycles. The fourth-order valence-electron chi connectivity index (χ4n) is 3.06. The molecular weight excluding hydrogens is 306 g/mol. The standard InChI is InChI=1S/C18H25N3O3/c1-12(15(19)22)21-11-7-10-18(2,3)14(17(21)24)20-16(23)13-8-5-4-6-9-13/h4-6,8-9,12,14H,7,10-11H2,1-3H3,(H2,19,22)(H,20,23)/t12-,14+/m0/s1. The van der Waals surface area contributed by atoms with Gasteiger partial charge < -0.3 is 16.0 Å². The molecule has 2 rings (SSSR count). The second-order valence-electron chi connectivity index (χ2n) is 6.97. The van der Waals surface area contributed by atoms with Crippen molar-refractivity contribution in [3.05, 3.63) is 35.9 Å². The third-order valence-corrected chi connectivity index (χ3v) is 4.72. The van der Waals surface area contributed by atoms with E-state index in [0.717, 1.165) is 12.8 Å². The van der Waals surface area contributed by atoms with Crippen molar-refractivity contribution < 1.29 is 14.4 Å². The first-order valence-corrected chi connectivity index (χ1v) is 8.20. The van der Waals surface area contributed by atoms with Crippen LogP contribution < -0.4 is 11.1 Å². The summed E-state index contributed by atoms with van der Waals surface area (Å²) in [4.78, 5) is 38.5. The molecule has 0 aromatic heterocycles. The van der Waals surface area contributed by atoms with Crippen LogP contribution in [0.4, 0.5) is 0 Å². The van der Waals surface area contributed by atoms with Crippen molar-refractivity contribution in [2.45, 2.75) is 45.7 Å². The number of carbonyl (C=O) groups excluding carboxylic acids is 3. The molecule has 24 heavy (non-hydrogen) atoms. The molecule has 130 valence electrons. The largest absolute Gasteiger partial charge is 0.368 e. The van der Waals surface area contributed by atoms with Crippen LogP contribution in [0.1, 0.15) is 44.0 Å². The number of primary amides is 1. The molecule has 0 bridgehead atoms. The van der Waals surface area contributed by atoms with Crippen molar-refractivity contribution in [2.24, 2.45) is 11.1 Å². The second kappa shape index (κ2) is 7.03. The van der Waals surface area contributed by atoms with Gasteiger partial charge in [0.15, 0.2) is 0 Å². The molecule has 1 saturated heterocycles. The minimum absolute atomic E-state index is 0.256. The average molecular weight is 331 g/mol. The Morgan fingerprint density at radius 1 is 1.29 bits per heavy atom. The van der Waals surface area contributed by atoms with Crippen LogP contribution in [-0.2, 0) is 9.59 Å². The first-order chi connectivity index (χ1) is 11.2. The molecule has 3 amide bonds. The molecule has 1 fully saturated rings. The monoisotopic (exact) mass is 331 g/mol. The highest BCUT2D eigenvalue weighted by Gasteiger charge is 2.42. The van der Waals surface area contributed by atoms with Gasteiger partial charge in [0.1, 0.15) is 12.1 Å². The predicted octanol–water partition coefficient (Wildman–Crippen LogP) is 1.31. The summed E-state index contributed by atoms with van der Waals surface area (Å²) in [5, 5.41) is 2.86. The highest BCUT2D eigenvalue weighted by atomic mass is 16.2. The summed E-state index contributed by atoms with van der Waals surface area (Å²) < 4.78 is 0. The molecule has 6 heteroatoms. The van der Waals surface area contributed by atoms with Gasteiger partial charge in [-0.25, -0.2) is 0 Å². The van der Waals surface area contributed by atoms with E-state index in [-0.39, 0.29) is 11.8 Å². The van der Waals surface area contributed by atoms with Crippen LogP contribution in [0.15, 0.2) is 30.3 Å². The number of rotatable bonds is 4. The number of likely N-dealkylation sites (tertiary alicyclic amines) is 1. The van der Waals surface area contributed by atoms with Crippen LogP contribution in [0.3, 0.4) is 0 Å². The topological polar surface area (TPSA) is 92.5 Å². The third-order valence-electron chi connectivity index (χ3n) is 4.72. The number of nitrogens with two attached hydrogens (primary N) is 1. The Morgan fingerprint density at radius 3 is 2.50 bits per heavy atom. The average Bonchev–Trinajstić information content (AvgIpc) is 2.65. The maximum atomic E-state index is 13.0. The summed E-state index contributed by atoms with van der Waals surface area (Å²) in [6.07, 6.45) is 1.52. The van der Waals surface area contributed by atoms with Gasteiger partial charge in [0, 0.05) is 12.1 Å². The van der Waals surface area contributed by atoms with Gasteiger partial charge in [0.25, 0.3) is 5.91 Å². The van der Waals surface area contributed by atoms with Crippen molar-refractivity contribution in [3.63, 3.8) is 0 Å². The van der Waals surface area contributed by atoms with E-state index >= 15 is 0 Å². The van der Waals surface area contributed by atoms with Crippen molar-refractivity contribution in [2.75, 3.05) is 6.54 Å². The fourth-order valence-corrected chi connectivity index (χ4v) is 3.06. The molecule has 3 N–H and O–H groups in total. The van der Waals surface area contributed by atoms with Gasteiger partial charge in [-0.3, -0.25) is 14.4 Å². The number of amides is 3. The zero-order valence-corrected chi connectivity index (χ0v) is 14.4. The predicted molar refractivity (Wildman–Crippen MR) is 91.1 cm³/mol. The molecule has 1 aromatic carbocycles. The third kappa shape index (κ3) is 3.75. The summed E-state index contributed by atoms with van der Waals surface area (Å²) in [5.74, 6) is -1.10. The van der Waals surface area contributed by atoms with Crippen molar-refractivity contribution >= 4 is 17.7 Å².